The lowest BCUT2D eigenvalue weighted by molar-refractivity contribution is -0.113. The maximum Gasteiger partial charge on any atom is 0.251 e. The molecule has 1 heterocycles. The number of hydrogen-bond acceptors (Lipinski definition) is 6. The van der Waals surface area contributed by atoms with Gasteiger partial charge in [-0.05, 0) is 62.3 Å². The van der Waals surface area contributed by atoms with Crippen molar-refractivity contribution in [2.75, 3.05) is 0 Å². The highest BCUT2D eigenvalue weighted by molar-refractivity contribution is 6.22. The third-order valence-corrected chi connectivity index (χ3v) is 6.89. The summed E-state index contributed by atoms with van der Waals surface area (Å²) in [5.41, 5.74) is 3.04. The Labute approximate surface area is 242 Å². The molecule has 1 aliphatic heterocycles. The van der Waals surface area contributed by atoms with Gasteiger partial charge in [-0.15, -0.1) is 0 Å². The van der Waals surface area contributed by atoms with Crippen LogP contribution in [0.3, 0.4) is 0 Å². The van der Waals surface area contributed by atoms with E-state index in [0.29, 0.717) is 28.7 Å². The topological polar surface area (TPSA) is 116 Å². The molecule has 2 aliphatic rings. The minimum Gasteiger partial charge on any atom is -0.515 e. The van der Waals surface area contributed by atoms with Gasteiger partial charge in [-0.1, -0.05) is 63.3 Å². The lowest BCUT2D eigenvalue weighted by Gasteiger charge is -2.18. The van der Waals surface area contributed by atoms with E-state index in [4.69, 9.17) is 4.74 Å². The Morgan fingerprint density at radius 1 is 1.12 bits per heavy atom. The molecule has 7 heteroatoms. The molecule has 1 amide bonds. The van der Waals surface area contributed by atoms with Crippen molar-refractivity contribution < 1.29 is 29.6 Å². The number of Topliss-reactive ketones (excluding diaryl/α,β-unsaturated/α-hetero) is 1. The number of ether oxygens (including phenoxy) is 1. The van der Waals surface area contributed by atoms with Crippen molar-refractivity contribution in [3.63, 3.8) is 0 Å². The van der Waals surface area contributed by atoms with Crippen molar-refractivity contribution in [1.82, 2.24) is 5.32 Å². The molecule has 0 spiro atoms. The Hall–Kier alpha value is -4.26. The molecule has 0 fully saturated rings. The molecule has 0 unspecified atom stereocenters. The number of nitrogens with one attached hydrogen (secondary N) is 1. The lowest BCUT2D eigenvalue weighted by Crippen LogP contribution is -2.32. The minimum absolute atomic E-state index is 0.0653. The Kier molecular flexibility index (Phi) is 11.0. The van der Waals surface area contributed by atoms with Gasteiger partial charge >= 0.3 is 0 Å². The quantitative estimate of drug-likeness (QED) is 0.229. The van der Waals surface area contributed by atoms with Gasteiger partial charge in [-0.25, -0.2) is 0 Å². The van der Waals surface area contributed by atoms with Crippen LogP contribution in [-0.4, -0.2) is 33.1 Å². The van der Waals surface area contributed by atoms with Gasteiger partial charge in [0.25, 0.3) is 5.91 Å². The van der Waals surface area contributed by atoms with E-state index in [0.717, 1.165) is 19.1 Å². The maximum atomic E-state index is 13.4. The molecule has 1 aromatic carbocycles. The van der Waals surface area contributed by atoms with E-state index in [9.17, 15) is 24.9 Å². The summed E-state index contributed by atoms with van der Waals surface area (Å²) in [6.07, 6.45) is 13.1. The first kappa shape index (κ1) is 31.3. The van der Waals surface area contributed by atoms with Gasteiger partial charge < -0.3 is 25.4 Å². The van der Waals surface area contributed by atoms with E-state index in [1.54, 1.807) is 38.1 Å². The highest BCUT2D eigenvalue weighted by atomic mass is 16.5. The largest absolute Gasteiger partial charge is 0.515 e. The van der Waals surface area contributed by atoms with E-state index in [2.05, 4.69) is 23.5 Å². The zero-order valence-corrected chi connectivity index (χ0v) is 24.5. The Morgan fingerprint density at radius 3 is 2.46 bits per heavy atom. The Bertz CT molecular complexity index is 1370. The number of aliphatic hydroxyl groups excluding tert-OH is 3. The van der Waals surface area contributed by atoms with E-state index >= 15 is 0 Å². The number of ketones is 1. The summed E-state index contributed by atoms with van der Waals surface area (Å²) < 4.78 is 6.15. The molecular weight excluding hydrogens is 518 g/mol. The highest BCUT2D eigenvalue weighted by Gasteiger charge is 2.29. The van der Waals surface area contributed by atoms with Gasteiger partial charge in [0.2, 0.25) is 0 Å². The molecule has 0 saturated heterocycles. The molecule has 3 rings (SSSR count). The predicted octanol–water partition coefficient (Wildman–Crippen LogP) is 7.84. The molecule has 0 bridgehead atoms. The van der Waals surface area contributed by atoms with Gasteiger partial charge in [-0.3, -0.25) is 9.59 Å². The van der Waals surface area contributed by atoms with Gasteiger partial charge in [0.15, 0.2) is 11.5 Å². The first-order chi connectivity index (χ1) is 19.5. The van der Waals surface area contributed by atoms with E-state index in [1.165, 1.54) is 5.57 Å². The number of carbonyl (C=O) groups excluding carboxylic acids is 2. The number of hydrogen-bond donors (Lipinski definition) is 4. The summed E-state index contributed by atoms with van der Waals surface area (Å²) in [6, 6.07) is 6.68. The van der Waals surface area contributed by atoms with E-state index < -0.39 is 0 Å². The third kappa shape index (κ3) is 8.13. The molecule has 41 heavy (non-hydrogen) atoms. The standard InChI is InChI=1S/C34H41NO6/c1-6-29(37)32(39)28(17-21(2)3)33-27(20-36)19-30(38)31(23(5)41-33)25-13-15-26(16-14-25)34(40)35-22(4)18-24-11-9-7-8-10-12-24/h7-9,11-16,20-22,36-37,39H,6,10,17-19H2,1-5H3,(H,35,40)/b27-20+,32-29-,33-28+/t22-/m0/s1. The van der Waals surface area contributed by atoms with Crippen molar-refractivity contribution in [3.05, 3.63) is 112 Å². The third-order valence-electron chi connectivity index (χ3n) is 6.89. The molecule has 1 atom stereocenters. The van der Waals surface area contributed by atoms with Crippen LogP contribution in [0.2, 0.25) is 0 Å². The number of allylic oxidation sites excluding steroid dienone is 10. The number of carbonyl (C=O) groups is 2. The smallest absolute Gasteiger partial charge is 0.251 e. The van der Waals surface area contributed by atoms with Crippen molar-refractivity contribution in [2.45, 2.75) is 72.8 Å². The van der Waals surface area contributed by atoms with E-state index in [-0.39, 0.29) is 65.1 Å². The first-order valence-electron chi connectivity index (χ1n) is 14.1. The zero-order valence-electron chi connectivity index (χ0n) is 24.5. The normalized spacial score (nSPS) is 19.3. The number of aliphatic hydroxyl groups is 3. The van der Waals surface area contributed by atoms with Gasteiger partial charge in [-0.2, -0.15) is 0 Å². The number of rotatable bonds is 9. The molecule has 1 aromatic rings. The highest BCUT2D eigenvalue weighted by Crippen LogP contribution is 2.37. The molecular formula is C34H41NO6. The summed E-state index contributed by atoms with van der Waals surface area (Å²) in [4.78, 5) is 26.3. The number of benzene rings is 1. The maximum absolute atomic E-state index is 13.4. The van der Waals surface area contributed by atoms with Gasteiger partial charge in [0.05, 0.1) is 11.8 Å². The first-order valence-corrected chi connectivity index (χ1v) is 14.1. The zero-order chi connectivity index (χ0) is 30.1. The Morgan fingerprint density at radius 2 is 1.83 bits per heavy atom. The molecule has 0 saturated carbocycles. The second kappa shape index (κ2) is 14.4. The van der Waals surface area contributed by atoms with Crippen LogP contribution in [0, 0.1) is 5.92 Å². The van der Waals surface area contributed by atoms with Crippen LogP contribution in [0.1, 0.15) is 82.6 Å². The summed E-state index contributed by atoms with van der Waals surface area (Å²) in [6.45, 7) is 9.23. The second-order valence-corrected chi connectivity index (χ2v) is 10.8. The average molecular weight is 560 g/mol. The van der Waals surface area contributed by atoms with Gasteiger partial charge in [0, 0.05) is 35.6 Å². The van der Waals surface area contributed by atoms with E-state index in [1.807, 2.05) is 32.9 Å². The fraction of sp³-hybridized carbons (Fsp3) is 0.353. The van der Waals surface area contributed by atoms with Crippen LogP contribution >= 0.6 is 0 Å². The van der Waals surface area contributed by atoms with Crippen molar-refractivity contribution in [1.29, 1.82) is 0 Å². The van der Waals surface area contributed by atoms with Crippen LogP contribution in [0.5, 0.6) is 0 Å². The van der Waals surface area contributed by atoms with Crippen LogP contribution in [0.25, 0.3) is 5.57 Å². The summed E-state index contributed by atoms with van der Waals surface area (Å²) >= 11 is 0. The van der Waals surface area contributed by atoms with Crippen molar-refractivity contribution >= 4 is 17.3 Å². The summed E-state index contributed by atoms with van der Waals surface area (Å²) in [5.74, 6) is -0.470. The fourth-order valence-electron chi connectivity index (χ4n) is 4.85. The summed E-state index contributed by atoms with van der Waals surface area (Å²) in [7, 11) is 0. The van der Waals surface area contributed by atoms with Gasteiger partial charge in [0.1, 0.15) is 17.3 Å². The Balaban J connectivity index is 1.89. The molecule has 7 nitrogen and oxygen atoms in total. The minimum atomic E-state index is -0.313. The SMILES string of the molecule is CC\C(O)=C(O)/C(CC(C)C)=C1/OC(C)=C(c2ccc(C(=O)N[C@@H](C)CC3=CCC=CC=C3)cc2)C(=O)C/C1=C\O. The molecule has 4 N–H and O–H groups in total. The predicted molar refractivity (Wildman–Crippen MR) is 162 cm³/mol. The van der Waals surface area contributed by atoms with Crippen molar-refractivity contribution in [2.24, 2.45) is 5.92 Å². The molecule has 0 radical (unpaired) electrons. The summed E-state index contributed by atoms with van der Waals surface area (Å²) in [5, 5.41) is 34.1. The van der Waals surface area contributed by atoms with Crippen LogP contribution < -0.4 is 5.32 Å². The molecule has 0 aromatic heterocycles. The second-order valence-electron chi connectivity index (χ2n) is 10.8. The monoisotopic (exact) mass is 559 g/mol. The lowest BCUT2D eigenvalue weighted by atomic mass is 9.93. The molecule has 1 aliphatic carbocycles. The average Bonchev–Trinajstić information content (AvgIpc) is 3.27. The molecule has 218 valence electrons. The van der Waals surface area contributed by atoms with Crippen LogP contribution in [0.15, 0.2) is 101 Å². The van der Waals surface area contributed by atoms with Crippen LogP contribution in [0.4, 0.5) is 0 Å². The van der Waals surface area contributed by atoms with Crippen molar-refractivity contribution in [3.8, 4) is 0 Å². The fourth-order valence-corrected chi connectivity index (χ4v) is 4.85. The van der Waals surface area contributed by atoms with Crippen LogP contribution in [-0.2, 0) is 9.53 Å². The number of amides is 1.